The van der Waals surface area contributed by atoms with Crippen LogP contribution in [-0.4, -0.2) is 29.7 Å². The highest BCUT2D eigenvalue weighted by Gasteiger charge is 2.07. The van der Waals surface area contributed by atoms with E-state index < -0.39 is 0 Å². The molecule has 0 spiro atoms. The summed E-state index contributed by atoms with van der Waals surface area (Å²) in [4.78, 5) is 17.2. The third kappa shape index (κ3) is 2.85. The number of hydrogen-bond donors (Lipinski definition) is 1. The summed E-state index contributed by atoms with van der Waals surface area (Å²) >= 11 is 7.52. The zero-order valence-corrected chi connectivity index (χ0v) is 11.1. The van der Waals surface area contributed by atoms with E-state index in [1.54, 1.807) is 11.3 Å². The Morgan fingerprint density at radius 3 is 3.00 bits per heavy atom. The quantitative estimate of drug-likeness (QED) is 0.789. The van der Waals surface area contributed by atoms with Gasteiger partial charge in [0.05, 0.1) is 6.54 Å². The van der Waals surface area contributed by atoms with Gasteiger partial charge in [-0.25, -0.2) is 4.98 Å². The summed E-state index contributed by atoms with van der Waals surface area (Å²) in [6.45, 7) is 0.634. The van der Waals surface area contributed by atoms with E-state index in [9.17, 15) is 0 Å². The van der Waals surface area contributed by atoms with Gasteiger partial charge in [-0.05, 0) is 23.0 Å². The van der Waals surface area contributed by atoms with Gasteiger partial charge in [0, 0.05) is 4.88 Å². The SMILES string of the molecule is Clc1nc(NCc2cccs2)nc(-n2cncn2)n1. The Labute approximate surface area is 117 Å². The second-order valence-corrected chi connectivity index (χ2v) is 4.87. The van der Waals surface area contributed by atoms with Gasteiger partial charge in [-0.3, -0.25) is 0 Å². The van der Waals surface area contributed by atoms with Crippen molar-refractivity contribution in [3.05, 3.63) is 40.3 Å². The molecule has 19 heavy (non-hydrogen) atoms. The van der Waals surface area contributed by atoms with Gasteiger partial charge in [0.15, 0.2) is 0 Å². The first-order valence-corrected chi connectivity index (χ1v) is 6.60. The Bertz CT molecular complexity index is 653. The summed E-state index contributed by atoms with van der Waals surface area (Å²) < 4.78 is 1.42. The number of thiophene rings is 1. The second kappa shape index (κ2) is 5.29. The summed E-state index contributed by atoms with van der Waals surface area (Å²) in [5.74, 6) is 0.727. The molecule has 0 bridgehead atoms. The molecule has 0 saturated heterocycles. The third-order valence-corrected chi connectivity index (χ3v) is 3.27. The molecule has 0 radical (unpaired) electrons. The molecule has 0 atom stereocenters. The molecule has 3 heterocycles. The Morgan fingerprint density at radius 2 is 2.26 bits per heavy atom. The van der Waals surface area contributed by atoms with E-state index in [4.69, 9.17) is 11.6 Å². The fourth-order valence-corrected chi connectivity index (χ4v) is 2.21. The van der Waals surface area contributed by atoms with Crippen molar-refractivity contribution in [3.63, 3.8) is 0 Å². The number of rotatable bonds is 4. The first kappa shape index (κ1) is 12.0. The van der Waals surface area contributed by atoms with Crippen LogP contribution in [0.3, 0.4) is 0 Å². The fraction of sp³-hybridized carbons (Fsp3) is 0.100. The van der Waals surface area contributed by atoms with E-state index in [0.29, 0.717) is 18.4 Å². The Kier molecular flexibility index (Phi) is 3.34. The molecule has 0 aliphatic heterocycles. The van der Waals surface area contributed by atoms with Crippen LogP contribution in [0, 0.1) is 0 Å². The van der Waals surface area contributed by atoms with Crippen molar-refractivity contribution in [3.8, 4) is 5.95 Å². The van der Waals surface area contributed by atoms with Gasteiger partial charge in [0.1, 0.15) is 12.7 Å². The van der Waals surface area contributed by atoms with E-state index >= 15 is 0 Å². The molecule has 7 nitrogen and oxygen atoms in total. The third-order valence-electron chi connectivity index (χ3n) is 2.22. The number of nitrogens with one attached hydrogen (secondary N) is 1. The largest absolute Gasteiger partial charge is 0.349 e. The lowest BCUT2D eigenvalue weighted by Gasteiger charge is -2.05. The molecule has 3 aromatic heterocycles. The summed E-state index contributed by atoms with van der Waals surface area (Å²) in [7, 11) is 0. The standard InChI is InChI=1S/C10H8ClN7S/c11-8-15-9(13-4-7-2-1-3-19-7)17-10(16-8)18-6-12-5-14-18/h1-3,5-6H,4H2,(H,13,15,16,17). The molecule has 96 valence electrons. The van der Waals surface area contributed by atoms with E-state index in [1.165, 1.54) is 22.2 Å². The zero-order valence-electron chi connectivity index (χ0n) is 9.56. The minimum absolute atomic E-state index is 0.106. The Morgan fingerprint density at radius 1 is 1.32 bits per heavy atom. The predicted molar refractivity (Wildman–Crippen MR) is 71.4 cm³/mol. The van der Waals surface area contributed by atoms with Crippen molar-refractivity contribution in [2.45, 2.75) is 6.54 Å². The molecule has 0 aliphatic carbocycles. The monoisotopic (exact) mass is 293 g/mol. The molecule has 0 amide bonds. The summed E-state index contributed by atoms with van der Waals surface area (Å²) in [6, 6.07) is 4.02. The van der Waals surface area contributed by atoms with E-state index in [1.807, 2.05) is 17.5 Å². The van der Waals surface area contributed by atoms with Gasteiger partial charge >= 0.3 is 0 Å². The van der Waals surface area contributed by atoms with Crippen molar-refractivity contribution in [1.29, 1.82) is 0 Å². The zero-order chi connectivity index (χ0) is 13.1. The molecule has 9 heteroatoms. The highest BCUT2D eigenvalue weighted by atomic mass is 35.5. The first-order chi connectivity index (χ1) is 9.31. The molecular formula is C10H8ClN7S. The summed E-state index contributed by atoms with van der Waals surface area (Å²) in [6.07, 6.45) is 2.89. The van der Waals surface area contributed by atoms with Crippen molar-refractivity contribution < 1.29 is 0 Å². The topological polar surface area (TPSA) is 81.4 Å². The number of nitrogens with zero attached hydrogens (tertiary/aromatic N) is 6. The van der Waals surface area contributed by atoms with Crippen LogP contribution in [0.5, 0.6) is 0 Å². The Balaban J connectivity index is 1.82. The smallest absolute Gasteiger partial charge is 0.258 e. The molecule has 3 rings (SSSR count). The average Bonchev–Trinajstić information content (AvgIpc) is 3.09. The van der Waals surface area contributed by atoms with Crippen molar-refractivity contribution in [1.82, 2.24) is 29.7 Å². The first-order valence-electron chi connectivity index (χ1n) is 5.34. The number of aromatic nitrogens is 6. The molecule has 1 N–H and O–H groups in total. The van der Waals surface area contributed by atoms with Crippen LogP contribution in [0.2, 0.25) is 5.28 Å². The van der Waals surface area contributed by atoms with E-state index in [2.05, 4.69) is 30.4 Å². The van der Waals surface area contributed by atoms with Gasteiger partial charge in [0.25, 0.3) is 5.95 Å². The van der Waals surface area contributed by atoms with Gasteiger partial charge in [0.2, 0.25) is 11.2 Å². The minimum Gasteiger partial charge on any atom is -0.349 e. The lowest BCUT2D eigenvalue weighted by Crippen LogP contribution is -2.08. The lowest BCUT2D eigenvalue weighted by molar-refractivity contribution is 0.793. The fourth-order valence-electron chi connectivity index (χ4n) is 1.41. The second-order valence-electron chi connectivity index (χ2n) is 3.50. The maximum atomic E-state index is 5.87. The molecule has 0 fully saturated rings. The van der Waals surface area contributed by atoms with Gasteiger partial charge < -0.3 is 5.32 Å². The highest BCUT2D eigenvalue weighted by molar-refractivity contribution is 7.09. The molecule has 0 aromatic carbocycles. The number of hydrogen-bond acceptors (Lipinski definition) is 7. The average molecular weight is 294 g/mol. The summed E-state index contributed by atoms with van der Waals surface area (Å²) in [5.41, 5.74) is 0. The van der Waals surface area contributed by atoms with Crippen molar-refractivity contribution >= 4 is 28.9 Å². The molecular weight excluding hydrogens is 286 g/mol. The van der Waals surface area contributed by atoms with Crippen molar-refractivity contribution in [2.75, 3.05) is 5.32 Å². The molecule has 0 saturated carbocycles. The van der Waals surface area contributed by atoms with Crippen LogP contribution in [0.15, 0.2) is 30.2 Å². The van der Waals surface area contributed by atoms with Crippen LogP contribution in [0.1, 0.15) is 4.88 Å². The molecule has 0 unspecified atom stereocenters. The normalized spacial score (nSPS) is 10.6. The number of halogens is 1. The summed E-state index contributed by atoms with van der Waals surface area (Å²) in [5, 5.41) is 9.16. The maximum absolute atomic E-state index is 5.87. The molecule has 3 aromatic rings. The maximum Gasteiger partial charge on any atom is 0.258 e. The van der Waals surface area contributed by atoms with Crippen LogP contribution < -0.4 is 5.32 Å². The highest BCUT2D eigenvalue weighted by Crippen LogP contribution is 2.12. The van der Waals surface area contributed by atoms with Gasteiger partial charge in [-0.2, -0.15) is 24.7 Å². The van der Waals surface area contributed by atoms with E-state index in [0.717, 1.165) is 0 Å². The Hall–Kier alpha value is -2.06. The van der Waals surface area contributed by atoms with Crippen molar-refractivity contribution in [2.24, 2.45) is 0 Å². The van der Waals surface area contributed by atoms with Gasteiger partial charge in [-0.1, -0.05) is 6.07 Å². The number of anilines is 1. The van der Waals surface area contributed by atoms with E-state index in [-0.39, 0.29) is 5.28 Å². The molecule has 0 aliphatic rings. The predicted octanol–water partition coefficient (Wildman–Crippen LogP) is 1.78. The minimum atomic E-state index is 0.106. The van der Waals surface area contributed by atoms with Crippen LogP contribution >= 0.6 is 22.9 Å². The lowest BCUT2D eigenvalue weighted by atomic mass is 10.5. The van der Waals surface area contributed by atoms with Gasteiger partial charge in [-0.15, -0.1) is 11.3 Å². The van der Waals surface area contributed by atoms with Crippen LogP contribution in [-0.2, 0) is 6.54 Å². The van der Waals surface area contributed by atoms with Crippen LogP contribution in [0.4, 0.5) is 5.95 Å². The van der Waals surface area contributed by atoms with Crippen LogP contribution in [0.25, 0.3) is 5.95 Å².